The van der Waals surface area contributed by atoms with Crippen LogP contribution in [-0.2, 0) is 6.54 Å². The Balaban J connectivity index is 1.80. The second-order valence-corrected chi connectivity index (χ2v) is 7.61. The van der Waals surface area contributed by atoms with E-state index in [2.05, 4.69) is 33.4 Å². The molecule has 1 heterocycles. The summed E-state index contributed by atoms with van der Waals surface area (Å²) < 4.78 is 2.67. The molecule has 0 bridgehead atoms. The first kappa shape index (κ1) is 18.6. The average Bonchev–Trinajstić information content (AvgIpc) is 2.73. The van der Waals surface area contributed by atoms with Crippen LogP contribution in [0.5, 0.6) is 0 Å². The van der Waals surface area contributed by atoms with Gasteiger partial charge in [0.15, 0.2) is 0 Å². The minimum atomic E-state index is -0.110. The lowest BCUT2D eigenvalue weighted by molar-refractivity contribution is 0.532. The Morgan fingerprint density at radius 1 is 0.964 bits per heavy atom. The zero-order valence-corrected chi connectivity index (χ0v) is 17.1. The molecule has 0 fully saturated rings. The van der Waals surface area contributed by atoms with Crippen molar-refractivity contribution >= 4 is 26.8 Å². The Labute approximate surface area is 172 Å². The molecule has 0 saturated heterocycles. The van der Waals surface area contributed by atoms with E-state index in [0.29, 0.717) is 23.3 Å². The van der Waals surface area contributed by atoms with Crippen LogP contribution in [0.15, 0.2) is 88.1 Å². The van der Waals surface area contributed by atoms with Crippen molar-refractivity contribution < 1.29 is 0 Å². The zero-order chi connectivity index (χ0) is 19.5. The molecule has 4 rings (SSSR count). The van der Waals surface area contributed by atoms with Gasteiger partial charge in [0.25, 0.3) is 5.56 Å². The molecule has 0 aliphatic carbocycles. The largest absolute Gasteiger partial charge is 0.303 e. The van der Waals surface area contributed by atoms with Crippen LogP contribution in [0.3, 0.4) is 0 Å². The van der Waals surface area contributed by atoms with Crippen LogP contribution in [0.1, 0.15) is 24.4 Å². The van der Waals surface area contributed by atoms with Gasteiger partial charge in [0, 0.05) is 11.0 Å². The molecule has 0 aliphatic rings. The van der Waals surface area contributed by atoms with E-state index in [9.17, 15) is 4.79 Å². The molecule has 4 nitrogen and oxygen atoms in total. The van der Waals surface area contributed by atoms with Crippen LogP contribution in [0.2, 0.25) is 0 Å². The van der Waals surface area contributed by atoms with Crippen molar-refractivity contribution in [3.8, 4) is 5.69 Å². The van der Waals surface area contributed by atoms with Gasteiger partial charge in [-0.05, 0) is 48.9 Å². The summed E-state index contributed by atoms with van der Waals surface area (Å²) in [4.78, 5) is 18.1. The predicted molar refractivity (Wildman–Crippen MR) is 117 cm³/mol. The van der Waals surface area contributed by atoms with Crippen LogP contribution >= 0.6 is 15.9 Å². The topological polar surface area (TPSA) is 46.9 Å². The molecule has 4 aromatic rings. The SMILES string of the molecule is CC(NCc1ccccc1)c1nc2ccccc2c(=O)n1-c1ccc(Br)cc1. The normalized spacial score (nSPS) is 12.2. The molecule has 140 valence electrons. The molecular formula is C23H20BrN3O. The molecule has 1 N–H and O–H groups in total. The first-order valence-electron chi connectivity index (χ1n) is 9.18. The maximum atomic E-state index is 13.3. The van der Waals surface area contributed by atoms with Gasteiger partial charge in [0.05, 0.1) is 22.6 Å². The van der Waals surface area contributed by atoms with Gasteiger partial charge in [-0.2, -0.15) is 0 Å². The number of nitrogens with zero attached hydrogens (tertiary/aromatic N) is 2. The van der Waals surface area contributed by atoms with E-state index in [1.165, 1.54) is 5.56 Å². The molecule has 1 unspecified atom stereocenters. The van der Waals surface area contributed by atoms with Crippen molar-refractivity contribution in [2.45, 2.75) is 19.5 Å². The summed E-state index contributed by atoms with van der Waals surface area (Å²) >= 11 is 3.46. The molecule has 1 aromatic heterocycles. The highest BCUT2D eigenvalue weighted by Crippen LogP contribution is 2.20. The van der Waals surface area contributed by atoms with Crippen molar-refractivity contribution in [2.24, 2.45) is 0 Å². The van der Waals surface area contributed by atoms with Crippen LogP contribution in [-0.4, -0.2) is 9.55 Å². The molecule has 28 heavy (non-hydrogen) atoms. The summed E-state index contributed by atoms with van der Waals surface area (Å²) in [5, 5.41) is 4.11. The van der Waals surface area contributed by atoms with Crippen molar-refractivity contribution in [3.05, 3.63) is 105 Å². The number of benzene rings is 3. The lowest BCUT2D eigenvalue weighted by Gasteiger charge is -2.20. The molecular weight excluding hydrogens is 414 g/mol. The van der Waals surface area contributed by atoms with Gasteiger partial charge in [-0.1, -0.05) is 58.4 Å². The fourth-order valence-electron chi connectivity index (χ4n) is 3.24. The third kappa shape index (κ3) is 3.77. The van der Waals surface area contributed by atoms with Gasteiger partial charge in [0.2, 0.25) is 0 Å². The van der Waals surface area contributed by atoms with E-state index in [4.69, 9.17) is 4.98 Å². The van der Waals surface area contributed by atoms with E-state index < -0.39 is 0 Å². The van der Waals surface area contributed by atoms with E-state index >= 15 is 0 Å². The van der Waals surface area contributed by atoms with Gasteiger partial charge in [0.1, 0.15) is 5.82 Å². The van der Waals surface area contributed by atoms with E-state index in [1.54, 1.807) is 4.57 Å². The summed E-state index contributed by atoms with van der Waals surface area (Å²) in [6.45, 7) is 2.74. The molecule has 3 aromatic carbocycles. The van der Waals surface area contributed by atoms with E-state index in [0.717, 1.165) is 10.2 Å². The number of para-hydroxylation sites is 1. The predicted octanol–water partition coefficient (Wildman–Crippen LogP) is 5.00. The van der Waals surface area contributed by atoms with E-state index in [-0.39, 0.29) is 11.6 Å². The average molecular weight is 434 g/mol. The third-order valence-corrected chi connectivity index (χ3v) is 5.26. The Morgan fingerprint density at radius 2 is 1.64 bits per heavy atom. The van der Waals surface area contributed by atoms with Gasteiger partial charge < -0.3 is 5.32 Å². The molecule has 0 radical (unpaired) electrons. The van der Waals surface area contributed by atoms with Gasteiger partial charge >= 0.3 is 0 Å². The quantitative estimate of drug-likeness (QED) is 0.481. The summed E-state index contributed by atoms with van der Waals surface area (Å²) in [6.07, 6.45) is 0. The highest BCUT2D eigenvalue weighted by Gasteiger charge is 2.17. The lowest BCUT2D eigenvalue weighted by atomic mass is 10.2. The van der Waals surface area contributed by atoms with Crippen LogP contribution in [0.4, 0.5) is 0 Å². The van der Waals surface area contributed by atoms with Crippen molar-refractivity contribution in [2.75, 3.05) is 0 Å². The summed E-state index contributed by atoms with van der Waals surface area (Å²) in [5.41, 5.74) is 2.64. The highest BCUT2D eigenvalue weighted by atomic mass is 79.9. The highest BCUT2D eigenvalue weighted by molar-refractivity contribution is 9.10. The Hall–Kier alpha value is -2.76. The second kappa shape index (κ2) is 8.09. The Kier molecular flexibility index (Phi) is 5.37. The minimum Gasteiger partial charge on any atom is -0.303 e. The molecule has 0 spiro atoms. The van der Waals surface area contributed by atoms with Gasteiger partial charge in [-0.3, -0.25) is 9.36 Å². The van der Waals surface area contributed by atoms with Gasteiger partial charge in [-0.15, -0.1) is 0 Å². The molecule has 0 amide bonds. The fourth-order valence-corrected chi connectivity index (χ4v) is 3.50. The number of nitrogens with one attached hydrogen (secondary N) is 1. The molecule has 0 aliphatic heterocycles. The number of halogens is 1. The number of hydrogen-bond donors (Lipinski definition) is 1. The van der Waals surface area contributed by atoms with Crippen LogP contribution < -0.4 is 10.9 Å². The minimum absolute atomic E-state index is 0.0590. The fraction of sp³-hybridized carbons (Fsp3) is 0.130. The lowest BCUT2D eigenvalue weighted by Crippen LogP contribution is -2.30. The van der Waals surface area contributed by atoms with Crippen LogP contribution in [0, 0.1) is 0 Å². The number of rotatable bonds is 5. The summed E-state index contributed by atoms with van der Waals surface area (Å²) in [5.74, 6) is 0.696. The van der Waals surface area contributed by atoms with Gasteiger partial charge in [-0.25, -0.2) is 4.98 Å². The second-order valence-electron chi connectivity index (χ2n) is 6.69. The zero-order valence-electron chi connectivity index (χ0n) is 15.5. The maximum absolute atomic E-state index is 13.3. The first-order valence-corrected chi connectivity index (χ1v) is 9.98. The molecule has 0 saturated carbocycles. The number of hydrogen-bond acceptors (Lipinski definition) is 3. The monoisotopic (exact) mass is 433 g/mol. The van der Waals surface area contributed by atoms with E-state index in [1.807, 2.05) is 73.7 Å². The maximum Gasteiger partial charge on any atom is 0.266 e. The third-order valence-electron chi connectivity index (χ3n) is 4.73. The number of fused-ring (bicyclic) bond motifs is 1. The molecule has 5 heteroatoms. The van der Waals surface area contributed by atoms with Crippen molar-refractivity contribution in [1.82, 2.24) is 14.9 Å². The van der Waals surface area contributed by atoms with Crippen molar-refractivity contribution in [1.29, 1.82) is 0 Å². The molecule has 1 atom stereocenters. The number of aromatic nitrogens is 2. The summed E-state index contributed by atoms with van der Waals surface area (Å²) in [7, 11) is 0. The standard InChI is InChI=1S/C23H20BrN3O/c1-16(25-15-17-7-3-2-4-8-17)22-26-21-10-6-5-9-20(21)23(28)27(22)19-13-11-18(24)12-14-19/h2-14,16,25H,15H2,1H3. The van der Waals surface area contributed by atoms with Crippen LogP contribution in [0.25, 0.3) is 16.6 Å². The Morgan fingerprint density at radius 3 is 2.39 bits per heavy atom. The smallest absolute Gasteiger partial charge is 0.266 e. The Bertz CT molecular complexity index is 1150. The summed E-state index contributed by atoms with van der Waals surface area (Å²) in [6, 6.07) is 25.3. The first-order chi connectivity index (χ1) is 13.6. The van der Waals surface area contributed by atoms with Crippen molar-refractivity contribution in [3.63, 3.8) is 0 Å².